The normalized spacial score (nSPS) is 16.4. The van der Waals surface area contributed by atoms with Crippen molar-refractivity contribution in [3.8, 4) is 0 Å². The Balaban J connectivity index is 1.50. The van der Waals surface area contributed by atoms with Crippen LogP contribution in [-0.4, -0.2) is 34.6 Å². The Morgan fingerprint density at radius 2 is 2.14 bits per heavy atom. The molecule has 0 radical (unpaired) electrons. The minimum Gasteiger partial charge on any atom is -0.454 e. The van der Waals surface area contributed by atoms with E-state index < -0.39 is 0 Å². The van der Waals surface area contributed by atoms with E-state index in [9.17, 15) is 9.59 Å². The highest BCUT2D eigenvalue weighted by Crippen LogP contribution is 2.20. The molecular formula is C21H22N2O4S. The Hall–Kier alpha value is -2.64. The highest BCUT2D eigenvalue weighted by molar-refractivity contribution is 7.09. The fraction of sp³-hybridized carbons (Fsp3) is 0.333. The van der Waals surface area contributed by atoms with Crippen molar-refractivity contribution < 1.29 is 13.9 Å². The lowest BCUT2D eigenvalue weighted by Gasteiger charge is -2.24. The lowest BCUT2D eigenvalue weighted by molar-refractivity contribution is 0.0485. The number of aromatic nitrogens is 1. The first-order valence-corrected chi connectivity index (χ1v) is 10.2. The highest BCUT2D eigenvalue weighted by Gasteiger charge is 2.25. The summed E-state index contributed by atoms with van der Waals surface area (Å²) in [7, 11) is 0. The summed E-state index contributed by atoms with van der Waals surface area (Å²) in [5.41, 5.74) is -0.107. The maximum atomic E-state index is 13.1. The van der Waals surface area contributed by atoms with E-state index in [1.54, 1.807) is 51.3 Å². The van der Waals surface area contributed by atoms with Crippen LogP contribution < -0.4 is 5.56 Å². The van der Waals surface area contributed by atoms with E-state index in [1.807, 2.05) is 17.5 Å². The number of furan rings is 1. The van der Waals surface area contributed by atoms with Gasteiger partial charge in [-0.3, -0.25) is 9.59 Å². The smallest absolute Gasteiger partial charge is 0.289 e. The van der Waals surface area contributed by atoms with Crippen LogP contribution in [0.3, 0.4) is 0 Å². The number of nitrogens with zero attached hydrogens (tertiary/aromatic N) is 2. The molecule has 0 bridgehead atoms. The Bertz CT molecular complexity index is 970. The summed E-state index contributed by atoms with van der Waals surface area (Å²) in [5, 5.41) is 2.01. The molecular weight excluding hydrogens is 376 g/mol. The quantitative estimate of drug-likeness (QED) is 0.612. The van der Waals surface area contributed by atoms with Crippen molar-refractivity contribution in [1.29, 1.82) is 0 Å². The number of carbonyl (C=O) groups is 1. The second-order valence-electron chi connectivity index (χ2n) is 6.83. The average molecular weight is 398 g/mol. The lowest BCUT2D eigenvalue weighted by atomic mass is 10.2. The molecule has 3 aromatic rings. The van der Waals surface area contributed by atoms with E-state index in [-0.39, 0.29) is 23.3 Å². The van der Waals surface area contributed by atoms with E-state index >= 15 is 0 Å². The predicted molar refractivity (Wildman–Crippen MR) is 107 cm³/mol. The van der Waals surface area contributed by atoms with Crippen molar-refractivity contribution >= 4 is 17.2 Å². The average Bonchev–Trinajstić information content (AvgIpc) is 3.45. The molecule has 0 saturated carbocycles. The van der Waals surface area contributed by atoms with Crippen LogP contribution in [0.5, 0.6) is 0 Å². The van der Waals surface area contributed by atoms with Crippen molar-refractivity contribution in [3.05, 3.63) is 80.8 Å². The van der Waals surface area contributed by atoms with Crippen LogP contribution in [0.1, 0.15) is 34.0 Å². The third-order valence-electron chi connectivity index (χ3n) is 4.76. The summed E-state index contributed by atoms with van der Waals surface area (Å²) < 4.78 is 13.1. The van der Waals surface area contributed by atoms with Gasteiger partial charge in [-0.15, -0.1) is 11.3 Å². The van der Waals surface area contributed by atoms with Crippen molar-refractivity contribution in [2.75, 3.05) is 13.2 Å². The van der Waals surface area contributed by atoms with Gasteiger partial charge >= 0.3 is 0 Å². The van der Waals surface area contributed by atoms with Crippen molar-refractivity contribution in [2.24, 2.45) is 0 Å². The number of thiophene rings is 1. The predicted octanol–water partition coefficient (Wildman–Crippen LogP) is 3.37. The van der Waals surface area contributed by atoms with Gasteiger partial charge in [0.05, 0.1) is 19.2 Å². The molecule has 7 heteroatoms. The van der Waals surface area contributed by atoms with Gasteiger partial charge in [0.1, 0.15) is 5.76 Å². The first-order chi connectivity index (χ1) is 13.7. The molecule has 1 saturated heterocycles. The molecule has 1 amide bonds. The lowest BCUT2D eigenvalue weighted by Crippen LogP contribution is -2.36. The van der Waals surface area contributed by atoms with Gasteiger partial charge in [-0.05, 0) is 42.5 Å². The summed E-state index contributed by atoms with van der Waals surface area (Å²) in [5.74, 6) is 0.703. The maximum Gasteiger partial charge on any atom is 0.289 e. The molecule has 3 aromatic heterocycles. The molecule has 1 aliphatic heterocycles. The van der Waals surface area contributed by atoms with Gasteiger partial charge in [0, 0.05) is 30.3 Å². The summed E-state index contributed by atoms with van der Waals surface area (Å²) in [6.45, 7) is 2.13. The minimum atomic E-state index is -0.157. The zero-order valence-corrected chi connectivity index (χ0v) is 16.3. The molecule has 28 heavy (non-hydrogen) atoms. The van der Waals surface area contributed by atoms with Crippen LogP contribution in [0, 0.1) is 0 Å². The Morgan fingerprint density at radius 1 is 1.21 bits per heavy atom. The van der Waals surface area contributed by atoms with E-state index in [0.29, 0.717) is 25.4 Å². The number of hydrogen-bond acceptors (Lipinski definition) is 5. The topological polar surface area (TPSA) is 64.7 Å². The Morgan fingerprint density at radius 3 is 2.89 bits per heavy atom. The van der Waals surface area contributed by atoms with Gasteiger partial charge in [-0.2, -0.15) is 0 Å². The molecule has 1 atom stereocenters. The van der Waals surface area contributed by atoms with E-state index in [4.69, 9.17) is 9.15 Å². The Labute approximate surface area is 167 Å². The summed E-state index contributed by atoms with van der Waals surface area (Å²) in [6, 6.07) is 12.4. The SMILES string of the molecule is O=C(c1ccc(Cn2ccccc2=O)o1)N(Cc1cccs1)CC1CCCO1. The van der Waals surface area contributed by atoms with Gasteiger partial charge in [-0.1, -0.05) is 12.1 Å². The third kappa shape index (κ3) is 4.43. The molecule has 4 heterocycles. The molecule has 1 fully saturated rings. The van der Waals surface area contributed by atoms with Crippen LogP contribution in [0.25, 0.3) is 0 Å². The van der Waals surface area contributed by atoms with Crippen LogP contribution in [0.15, 0.2) is 63.3 Å². The van der Waals surface area contributed by atoms with Gasteiger partial charge in [0.2, 0.25) is 0 Å². The molecule has 0 aliphatic carbocycles. The van der Waals surface area contributed by atoms with E-state index in [2.05, 4.69) is 0 Å². The van der Waals surface area contributed by atoms with Gasteiger partial charge < -0.3 is 18.6 Å². The van der Waals surface area contributed by atoms with Gasteiger partial charge in [0.15, 0.2) is 5.76 Å². The fourth-order valence-electron chi connectivity index (χ4n) is 3.34. The molecule has 0 aromatic carbocycles. The van der Waals surface area contributed by atoms with Crippen molar-refractivity contribution in [1.82, 2.24) is 9.47 Å². The standard InChI is InChI=1S/C21H22N2O4S/c24-20-7-1-2-10-22(20)14-17-8-9-19(27-17)21(25)23(13-16-5-3-11-26-16)15-18-6-4-12-28-18/h1-2,4,6-10,12,16H,3,5,11,13-15H2. The van der Waals surface area contributed by atoms with Crippen LogP contribution in [0.4, 0.5) is 0 Å². The molecule has 4 rings (SSSR count). The summed E-state index contributed by atoms with van der Waals surface area (Å²) in [4.78, 5) is 27.9. The minimum absolute atomic E-state index is 0.0706. The molecule has 0 N–H and O–H groups in total. The largest absolute Gasteiger partial charge is 0.454 e. The van der Waals surface area contributed by atoms with Crippen LogP contribution in [0.2, 0.25) is 0 Å². The molecule has 1 unspecified atom stereocenters. The third-order valence-corrected chi connectivity index (χ3v) is 5.62. The molecule has 146 valence electrons. The van der Waals surface area contributed by atoms with Crippen molar-refractivity contribution in [2.45, 2.75) is 32.0 Å². The number of rotatable bonds is 7. The summed E-state index contributed by atoms with van der Waals surface area (Å²) in [6.07, 6.45) is 3.77. The first kappa shape index (κ1) is 18.7. The van der Waals surface area contributed by atoms with Crippen molar-refractivity contribution in [3.63, 3.8) is 0 Å². The molecule has 1 aliphatic rings. The zero-order valence-electron chi connectivity index (χ0n) is 15.5. The highest BCUT2D eigenvalue weighted by atomic mass is 32.1. The van der Waals surface area contributed by atoms with E-state index in [1.165, 1.54) is 6.07 Å². The monoisotopic (exact) mass is 398 g/mol. The number of carbonyl (C=O) groups excluding carboxylic acids is 1. The number of ether oxygens (including phenoxy) is 1. The van der Waals surface area contributed by atoms with Gasteiger partial charge in [0.25, 0.3) is 11.5 Å². The second-order valence-corrected chi connectivity index (χ2v) is 7.87. The first-order valence-electron chi connectivity index (χ1n) is 9.36. The number of pyridine rings is 1. The Kier molecular flexibility index (Phi) is 5.73. The van der Waals surface area contributed by atoms with Gasteiger partial charge in [-0.25, -0.2) is 0 Å². The fourth-order valence-corrected chi connectivity index (χ4v) is 4.06. The van der Waals surface area contributed by atoms with E-state index in [0.717, 1.165) is 24.3 Å². The summed E-state index contributed by atoms with van der Waals surface area (Å²) >= 11 is 1.63. The van der Waals surface area contributed by atoms with Crippen LogP contribution >= 0.6 is 11.3 Å². The zero-order chi connectivity index (χ0) is 19.3. The number of hydrogen-bond donors (Lipinski definition) is 0. The maximum absolute atomic E-state index is 13.1. The number of amides is 1. The van der Waals surface area contributed by atoms with Crippen LogP contribution in [-0.2, 0) is 17.8 Å². The molecule has 6 nitrogen and oxygen atoms in total. The molecule has 0 spiro atoms. The second kappa shape index (κ2) is 8.58.